The molecule has 2 aromatic rings. The molecule has 0 bridgehead atoms. The lowest BCUT2D eigenvalue weighted by molar-refractivity contribution is 0.426. The third kappa shape index (κ3) is 2.64. The third-order valence-corrected chi connectivity index (χ3v) is 2.47. The molecule has 0 aliphatic rings. The van der Waals surface area contributed by atoms with Crippen molar-refractivity contribution in [2.24, 2.45) is 0 Å². The van der Waals surface area contributed by atoms with Gasteiger partial charge in [-0.15, -0.1) is 6.58 Å². The molecule has 0 saturated heterocycles. The Bertz CT molecular complexity index is 523. The van der Waals surface area contributed by atoms with Crippen LogP contribution < -0.4 is 5.46 Å². The average Bonchev–Trinajstić information content (AvgIpc) is 2.78. The maximum Gasteiger partial charge on any atom is 0.488 e. The molecular formula is C12H13BN2O2. The number of hydrogen-bond acceptors (Lipinski definition) is 3. The highest BCUT2D eigenvalue weighted by Gasteiger charge is 2.11. The minimum absolute atomic E-state index is 0.471. The Hall–Kier alpha value is -1.85. The van der Waals surface area contributed by atoms with Crippen molar-refractivity contribution >= 4 is 12.6 Å². The molecule has 2 rings (SSSR count). The summed E-state index contributed by atoms with van der Waals surface area (Å²) in [6.07, 6.45) is 5.40. The van der Waals surface area contributed by atoms with Gasteiger partial charge in [-0.25, -0.2) is 0 Å². The van der Waals surface area contributed by atoms with Crippen molar-refractivity contribution in [1.29, 1.82) is 0 Å². The van der Waals surface area contributed by atoms with Gasteiger partial charge in [0.25, 0.3) is 0 Å². The molecule has 0 saturated carbocycles. The summed E-state index contributed by atoms with van der Waals surface area (Å²) >= 11 is 0. The molecule has 1 aromatic heterocycles. The fourth-order valence-electron chi connectivity index (χ4n) is 1.62. The summed E-state index contributed by atoms with van der Waals surface area (Å²) in [5.74, 6) is 0. The van der Waals surface area contributed by atoms with Crippen LogP contribution in [-0.2, 0) is 6.54 Å². The van der Waals surface area contributed by atoms with Gasteiger partial charge in [0.2, 0.25) is 0 Å². The van der Waals surface area contributed by atoms with Crippen molar-refractivity contribution in [2.75, 3.05) is 0 Å². The van der Waals surface area contributed by atoms with Gasteiger partial charge in [-0.05, 0) is 11.0 Å². The van der Waals surface area contributed by atoms with Crippen molar-refractivity contribution in [3.05, 3.63) is 49.3 Å². The van der Waals surface area contributed by atoms with E-state index in [0.717, 1.165) is 11.1 Å². The monoisotopic (exact) mass is 228 g/mol. The summed E-state index contributed by atoms with van der Waals surface area (Å²) < 4.78 is 1.77. The predicted octanol–water partition coefficient (Wildman–Crippen LogP) is 0.416. The molecule has 0 spiro atoms. The zero-order valence-electron chi connectivity index (χ0n) is 9.32. The van der Waals surface area contributed by atoms with Crippen LogP contribution >= 0.6 is 0 Å². The normalized spacial score (nSPS) is 10.2. The van der Waals surface area contributed by atoms with Gasteiger partial charge in [-0.2, -0.15) is 5.10 Å². The van der Waals surface area contributed by atoms with E-state index in [0.29, 0.717) is 12.0 Å². The summed E-state index contributed by atoms with van der Waals surface area (Å²) in [5.41, 5.74) is 2.32. The molecule has 0 fully saturated rings. The fraction of sp³-hybridized carbons (Fsp3) is 0.0833. The van der Waals surface area contributed by atoms with E-state index < -0.39 is 7.12 Å². The number of aromatic nitrogens is 2. The summed E-state index contributed by atoms with van der Waals surface area (Å²) in [6, 6.07) is 7.10. The molecule has 5 heteroatoms. The number of hydrogen-bond donors (Lipinski definition) is 2. The summed E-state index contributed by atoms with van der Waals surface area (Å²) in [4.78, 5) is 0. The van der Waals surface area contributed by atoms with Gasteiger partial charge in [0.15, 0.2) is 0 Å². The predicted molar refractivity (Wildman–Crippen MR) is 67.7 cm³/mol. The van der Waals surface area contributed by atoms with Crippen LogP contribution in [-0.4, -0.2) is 26.9 Å². The van der Waals surface area contributed by atoms with E-state index in [1.165, 1.54) is 0 Å². The van der Waals surface area contributed by atoms with Crippen LogP contribution in [0, 0.1) is 0 Å². The maximum absolute atomic E-state index is 9.11. The van der Waals surface area contributed by atoms with Crippen LogP contribution in [0.15, 0.2) is 49.3 Å². The maximum atomic E-state index is 9.11. The highest BCUT2D eigenvalue weighted by molar-refractivity contribution is 6.58. The Kier molecular flexibility index (Phi) is 3.42. The molecule has 1 heterocycles. The van der Waals surface area contributed by atoms with Gasteiger partial charge in [-0.1, -0.05) is 30.3 Å². The van der Waals surface area contributed by atoms with Gasteiger partial charge in [0, 0.05) is 11.8 Å². The van der Waals surface area contributed by atoms with Crippen molar-refractivity contribution in [3.8, 4) is 11.1 Å². The van der Waals surface area contributed by atoms with Crippen LogP contribution in [0.4, 0.5) is 0 Å². The Morgan fingerprint density at radius 1 is 1.35 bits per heavy atom. The van der Waals surface area contributed by atoms with Gasteiger partial charge < -0.3 is 10.0 Å². The third-order valence-electron chi connectivity index (χ3n) is 2.47. The summed E-state index contributed by atoms with van der Waals surface area (Å²) in [6.45, 7) is 4.30. The first-order valence-corrected chi connectivity index (χ1v) is 5.30. The zero-order chi connectivity index (χ0) is 12.3. The topological polar surface area (TPSA) is 58.3 Å². The number of benzene rings is 1. The van der Waals surface area contributed by atoms with E-state index in [2.05, 4.69) is 11.7 Å². The second kappa shape index (κ2) is 4.99. The smallest absolute Gasteiger partial charge is 0.423 e. The van der Waals surface area contributed by atoms with Crippen molar-refractivity contribution in [1.82, 2.24) is 9.78 Å². The number of rotatable bonds is 4. The lowest BCUT2D eigenvalue weighted by atomic mass is 9.79. The van der Waals surface area contributed by atoms with E-state index in [9.17, 15) is 0 Å². The van der Waals surface area contributed by atoms with E-state index in [4.69, 9.17) is 10.0 Å². The molecule has 0 radical (unpaired) electrons. The first-order valence-electron chi connectivity index (χ1n) is 5.30. The van der Waals surface area contributed by atoms with E-state index >= 15 is 0 Å². The van der Waals surface area contributed by atoms with Crippen LogP contribution in [0.2, 0.25) is 0 Å². The first kappa shape index (κ1) is 11.6. The highest BCUT2D eigenvalue weighted by atomic mass is 16.4. The van der Waals surface area contributed by atoms with E-state index in [1.54, 1.807) is 35.2 Å². The van der Waals surface area contributed by atoms with Crippen molar-refractivity contribution in [3.63, 3.8) is 0 Å². The summed E-state index contributed by atoms with van der Waals surface area (Å²) in [7, 11) is -1.45. The van der Waals surface area contributed by atoms with Gasteiger partial charge in [-0.3, -0.25) is 4.68 Å². The molecule has 0 amide bonds. The largest absolute Gasteiger partial charge is 0.488 e. The lowest BCUT2D eigenvalue weighted by Gasteiger charge is -2.02. The molecule has 0 aliphatic carbocycles. The van der Waals surface area contributed by atoms with Crippen LogP contribution in [0.3, 0.4) is 0 Å². The average molecular weight is 228 g/mol. The van der Waals surface area contributed by atoms with E-state index in [1.807, 2.05) is 12.3 Å². The number of nitrogens with zero attached hydrogens (tertiary/aromatic N) is 2. The Morgan fingerprint density at radius 2 is 2.18 bits per heavy atom. The zero-order valence-corrected chi connectivity index (χ0v) is 9.32. The minimum Gasteiger partial charge on any atom is -0.423 e. The second-order valence-corrected chi connectivity index (χ2v) is 3.74. The molecule has 0 aliphatic heterocycles. The van der Waals surface area contributed by atoms with Crippen LogP contribution in [0.5, 0.6) is 0 Å². The Labute approximate surface area is 100.0 Å². The summed E-state index contributed by atoms with van der Waals surface area (Å²) in [5, 5.41) is 22.4. The van der Waals surface area contributed by atoms with Gasteiger partial charge >= 0.3 is 7.12 Å². The minimum atomic E-state index is -1.45. The molecule has 0 atom stereocenters. The molecule has 1 aromatic carbocycles. The van der Waals surface area contributed by atoms with Crippen LogP contribution in [0.25, 0.3) is 11.1 Å². The SMILES string of the molecule is C=CCn1cc(-c2cccc(B(O)O)c2)cn1. The molecule has 86 valence electrons. The molecular weight excluding hydrogens is 215 g/mol. The first-order chi connectivity index (χ1) is 8.20. The molecule has 4 nitrogen and oxygen atoms in total. The Balaban J connectivity index is 2.31. The fourth-order valence-corrected chi connectivity index (χ4v) is 1.62. The molecule has 17 heavy (non-hydrogen) atoms. The number of allylic oxidation sites excluding steroid dienone is 1. The molecule has 2 N–H and O–H groups in total. The van der Waals surface area contributed by atoms with Gasteiger partial charge in [0.05, 0.1) is 12.7 Å². The second-order valence-electron chi connectivity index (χ2n) is 3.74. The van der Waals surface area contributed by atoms with Crippen LogP contribution in [0.1, 0.15) is 0 Å². The van der Waals surface area contributed by atoms with Crippen molar-refractivity contribution < 1.29 is 10.0 Å². The lowest BCUT2D eigenvalue weighted by Crippen LogP contribution is -2.29. The van der Waals surface area contributed by atoms with Gasteiger partial charge in [0.1, 0.15) is 0 Å². The van der Waals surface area contributed by atoms with Crippen molar-refractivity contribution in [2.45, 2.75) is 6.54 Å². The van der Waals surface area contributed by atoms with E-state index in [-0.39, 0.29) is 0 Å². The highest BCUT2D eigenvalue weighted by Crippen LogP contribution is 2.16. The molecule has 0 unspecified atom stereocenters. The quantitative estimate of drug-likeness (QED) is 0.588. The standard InChI is InChI=1S/C12H13BN2O2/c1-2-6-15-9-11(8-14-15)10-4-3-5-12(7-10)13(16)17/h2-5,7-9,16-17H,1,6H2. The Morgan fingerprint density at radius 3 is 2.88 bits per heavy atom.